The van der Waals surface area contributed by atoms with Gasteiger partial charge >= 0.3 is 5.97 Å². The van der Waals surface area contributed by atoms with Gasteiger partial charge in [-0.1, -0.05) is 82.5 Å². The molecule has 0 spiro atoms. The molecule has 2 heteroatoms. The molecule has 2 rings (SSSR count). The second kappa shape index (κ2) is 8.74. The molecule has 23 heavy (non-hydrogen) atoms. The van der Waals surface area contributed by atoms with Crippen molar-refractivity contribution in [2.75, 3.05) is 0 Å². The van der Waals surface area contributed by atoms with Gasteiger partial charge < -0.3 is 4.74 Å². The van der Waals surface area contributed by atoms with E-state index in [2.05, 4.69) is 38.7 Å². The summed E-state index contributed by atoms with van der Waals surface area (Å²) in [4.78, 5) is 11.3. The van der Waals surface area contributed by atoms with E-state index in [0.717, 1.165) is 6.26 Å². The zero-order valence-corrected chi connectivity index (χ0v) is 14.1. The molecule has 0 heterocycles. The summed E-state index contributed by atoms with van der Waals surface area (Å²) in [6.45, 7) is 13.4. The number of ether oxygens (including phenoxy) is 1. The van der Waals surface area contributed by atoms with Crippen molar-refractivity contribution in [3.63, 3.8) is 0 Å². The maximum atomic E-state index is 11.3. The molecule has 0 amide bonds. The summed E-state index contributed by atoms with van der Waals surface area (Å²) >= 11 is 0. The molecular weight excluding hydrogens is 284 g/mol. The predicted molar refractivity (Wildman–Crippen MR) is 97.3 cm³/mol. The second-order valence-electron chi connectivity index (χ2n) is 6.01. The average molecular weight is 308 g/mol. The molecule has 2 aromatic rings. The number of hydrogen-bond donors (Lipinski definition) is 0. The maximum Gasteiger partial charge on any atom is 0.342 e. The Morgan fingerprint density at radius 3 is 1.91 bits per heavy atom. The lowest BCUT2D eigenvalue weighted by Crippen LogP contribution is -2.11. The zero-order chi connectivity index (χ0) is 17.3. The summed E-state index contributed by atoms with van der Waals surface area (Å²) in [6.07, 6.45) is 2.97. The van der Waals surface area contributed by atoms with Crippen molar-refractivity contribution in [3.8, 4) is 0 Å². The van der Waals surface area contributed by atoms with Crippen LogP contribution in [0, 0.1) is 0 Å². The summed E-state index contributed by atoms with van der Waals surface area (Å²) in [5.41, 5.74) is 3.01. The molecule has 0 saturated heterocycles. The molecule has 0 fully saturated rings. The van der Waals surface area contributed by atoms with Gasteiger partial charge in [-0.3, -0.25) is 0 Å². The lowest BCUT2D eigenvalue weighted by molar-refractivity contribution is 0.0664. The van der Waals surface area contributed by atoms with Crippen LogP contribution in [0.2, 0.25) is 0 Å². The maximum absolute atomic E-state index is 11.3. The number of carbonyl (C=O) groups excluding carboxylic acids is 1. The van der Waals surface area contributed by atoms with Crippen molar-refractivity contribution in [1.82, 2.24) is 0 Å². The summed E-state index contributed by atoms with van der Waals surface area (Å²) in [5.74, 6) is -0.370. The molecule has 120 valence electrons. The molecule has 2 nitrogen and oxygen atoms in total. The molecule has 0 N–H and O–H groups in total. The van der Waals surface area contributed by atoms with Crippen LogP contribution < -0.4 is 0 Å². The SMILES string of the molecule is C=COC(=O)c1ccc(C(C)(C)C)cc1.C=Cc1ccccc1. The molecule has 2 aromatic carbocycles. The number of benzene rings is 2. The topological polar surface area (TPSA) is 26.3 Å². The Morgan fingerprint density at radius 1 is 0.957 bits per heavy atom. The van der Waals surface area contributed by atoms with E-state index < -0.39 is 0 Å². The van der Waals surface area contributed by atoms with Crippen molar-refractivity contribution in [1.29, 1.82) is 0 Å². The smallest absolute Gasteiger partial charge is 0.342 e. The van der Waals surface area contributed by atoms with E-state index in [4.69, 9.17) is 0 Å². The van der Waals surface area contributed by atoms with Crippen LogP contribution in [0.15, 0.2) is 74.0 Å². The normalized spacial score (nSPS) is 10.0. The standard InChI is InChI=1S/C13H16O2.C8H8/c1-5-15-12(14)10-6-8-11(9-7-10)13(2,3)4;1-2-8-6-4-3-5-7-8/h5-9H,1H2,2-4H3;2-7H,1H2. The molecule has 0 atom stereocenters. The first-order chi connectivity index (χ1) is 10.9. The van der Waals surface area contributed by atoms with Crippen LogP contribution in [0.3, 0.4) is 0 Å². The number of esters is 1. The summed E-state index contributed by atoms with van der Waals surface area (Å²) in [7, 11) is 0. The molecule has 0 aliphatic rings. The fraction of sp³-hybridized carbons (Fsp3) is 0.190. The van der Waals surface area contributed by atoms with Crippen molar-refractivity contribution in [2.24, 2.45) is 0 Å². The number of hydrogen-bond acceptors (Lipinski definition) is 2. The van der Waals surface area contributed by atoms with E-state index >= 15 is 0 Å². The largest absolute Gasteiger partial charge is 0.432 e. The van der Waals surface area contributed by atoms with E-state index in [1.54, 1.807) is 12.1 Å². The van der Waals surface area contributed by atoms with Crippen molar-refractivity contribution in [3.05, 3.63) is 90.7 Å². The molecule has 0 unspecified atom stereocenters. The fourth-order valence-electron chi connectivity index (χ4n) is 1.84. The van der Waals surface area contributed by atoms with Crippen LogP contribution in [0.1, 0.15) is 42.3 Å². The fourth-order valence-corrected chi connectivity index (χ4v) is 1.84. The first-order valence-electron chi connectivity index (χ1n) is 7.48. The van der Waals surface area contributed by atoms with Crippen LogP contribution in [0.5, 0.6) is 0 Å². The van der Waals surface area contributed by atoms with E-state index in [-0.39, 0.29) is 11.4 Å². The first-order valence-corrected chi connectivity index (χ1v) is 7.48. The van der Waals surface area contributed by atoms with Gasteiger partial charge in [-0.05, 0) is 28.7 Å². The van der Waals surface area contributed by atoms with E-state index in [1.165, 1.54) is 11.1 Å². The Balaban J connectivity index is 0.000000277. The minimum absolute atomic E-state index is 0.0981. The minimum atomic E-state index is -0.370. The van der Waals surface area contributed by atoms with Crippen LogP contribution in [0.4, 0.5) is 0 Å². The molecule has 0 radical (unpaired) electrons. The molecular formula is C21H24O2. The lowest BCUT2D eigenvalue weighted by Gasteiger charge is -2.18. The number of carbonyl (C=O) groups is 1. The Kier molecular flexibility index (Phi) is 7.01. The van der Waals surface area contributed by atoms with Crippen molar-refractivity contribution in [2.45, 2.75) is 26.2 Å². The summed E-state index contributed by atoms with van der Waals surface area (Å²) in [6, 6.07) is 17.5. The van der Waals surface area contributed by atoms with Gasteiger partial charge in [0, 0.05) is 0 Å². The summed E-state index contributed by atoms with van der Waals surface area (Å²) < 4.78 is 4.68. The third-order valence-electron chi connectivity index (χ3n) is 3.21. The lowest BCUT2D eigenvalue weighted by atomic mass is 9.87. The molecule has 0 aliphatic carbocycles. The average Bonchev–Trinajstić information content (AvgIpc) is 2.56. The predicted octanol–water partition coefficient (Wildman–Crippen LogP) is 5.61. The monoisotopic (exact) mass is 308 g/mol. The first kappa shape index (κ1) is 18.4. The van der Waals surface area contributed by atoms with Gasteiger partial charge in [-0.25, -0.2) is 4.79 Å². The van der Waals surface area contributed by atoms with Gasteiger partial charge in [0.1, 0.15) is 0 Å². The van der Waals surface area contributed by atoms with Crippen LogP contribution in [-0.2, 0) is 10.2 Å². The Labute approximate surface area is 139 Å². The Morgan fingerprint density at radius 2 is 1.52 bits per heavy atom. The molecule has 0 aliphatic heterocycles. The van der Waals surface area contributed by atoms with E-state index in [9.17, 15) is 4.79 Å². The van der Waals surface area contributed by atoms with Crippen LogP contribution in [-0.4, -0.2) is 5.97 Å². The quantitative estimate of drug-likeness (QED) is 0.544. The van der Waals surface area contributed by atoms with Gasteiger partial charge in [0.25, 0.3) is 0 Å². The van der Waals surface area contributed by atoms with Gasteiger partial charge in [-0.15, -0.1) is 0 Å². The van der Waals surface area contributed by atoms with Gasteiger partial charge in [0.15, 0.2) is 0 Å². The molecule has 0 saturated carbocycles. The number of rotatable bonds is 3. The Bertz CT molecular complexity index is 632. The van der Waals surface area contributed by atoms with Crippen LogP contribution in [0.25, 0.3) is 6.08 Å². The van der Waals surface area contributed by atoms with Crippen molar-refractivity contribution < 1.29 is 9.53 Å². The molecule has 0 aromatic heterocycles. The summed E-state index contributed by atoms with van der Waals surface area (Å²) in [5, 5.41) is 0. The second-order valence-corrected chi connectivity index (χ2v) is 6.01. The highest BCUT2D eigenvalue weighted by atomic mass is 16.5. The van der Waals surface area contributed by atoms with Gasteiger partial charge in [-0.2, -0.15) is 0 Å². The van der Waals surface area contributed by atoms with Gasteiger partial charge in [0.2, 0.25) is 0 Å². The van der Waals surface area contributed by atoms with E-state index in [0.29, 0.717) is 5.56 Å². The molecule has 0 bridgehead atoms. The highest BCUT2D eigenvalue weighted by Gasteiger charge is 2.14. The van der Waals surface area contributed by atoms with Gasteiger partial charge in [0.05, 0.1) is 11.8 Å². The third-order valence-corrected chi connectivity index (χ3v) is 3.21. The highest BCUT2D eigenvalue weighted by Crippen LogP contribution is 2.22. The Hall–Kier alpha value is -2.61. The highest BCUT2D eigenvalue weighted by molar-refractivity contribution is 5.89. The third kappa shape index (κ3) is 6.35. The minimum Gasteiger partial charge on any atom is -0.432 e. The van der Waals surface area contributed by atoms with Crippen molar-refractivity contribution >= 4 is 12.0 Å². The van der Waals surface area contributed by atoms with Crippen LogP contribution >= 0.6 is 0 Å². The van der Waals surface area contributed by atoms with E-state index in [1.807, 2.05) is 48.5 Å². The zero-order valence-electron chi connectivity index (χ0n) is 14.1.